The Labute approximate surface area is 156 Å². The number of anilines is 2. The van der Waals surface area contributed by atoms with Gasteiger partial charge in [-0.05, 0) is 52.7 Å². The average molecular weight is 358 g/mol. The van der Waals surface area contributed by atoms with Crippen molar-refractivity contribution < 1.29 is 5.11 Å². The lowest BCUT2D eigenvalue weighted by atomic mass is 10.2. The zero-order valence-electron chi connectivity index (χ0n) is 16.1. The van der Waals surface area contributed by atoms with Crippen molar-refractivity contribution in [3.8, 4) is 0 Å². The van der Waals surface area contributed by atoms with Crippen LogP contribution in [-0.4, -0.2) is 59.3 Å². The Morgan fingerprint density at radius 2 is 2.08 bits per heavy atom. The SMILES string of the molecule is C=CN1C=CC(Nc2cc(N3CCC(O)C3)nc(C)n2)=CC1C.CNC. The molecule has 1 aromatic heterocycles. The van der Waals surface area contributed by atoms with Crippen LogP contribution in [0.3, 0.4) is 0 Å². The van der Waals surface area contributed by atoms with E-state index in [4.69, 9.17) is 0 Å². The van der Waals surface area contributed by atoms with Gasteiger partial charge in [0.1, 0.15) is 17.5 Å². The highest BCUT2D eigenvalue weighted by Crippen LogP contribution is 2.22. The number of hydrogen-bond acceptors (Lipinski definition) is 7. The molecule has 3 N–H and O–H groups in total. The molecular formula is C19H30N6O. The Morgan fingerprint density at radius 3 is 2.65 bits per heavy atom. The maximum atomic E-state index is 9.71. The first-order valence-electron chi connectivity index (χ1n) is 8.91. The van der Waals surface area contributed by atoms with Crippen molar-refractivity contribution >= 4 is 11.6 Å². The molecule has 2 aliphatic heterocycles. The number of aliphatic hydroxyl groups is 1. The van der Waals surface area contributed by atoms with Crippen LogP contribution in [0.25, 0.3) is 0 Å². The van der Waals surface area contributed by atoms with Gasteiger partial charge in [-0.1, -0.05) is 6.58 Å². The second-order valence-corrected chi connectivity index (χ2v) is 6.48. The summed E-state index contributed by atoms with van der Waals surface area (Å²) in [6.45, 7) is 9.24. The van der Waals surface area contributed by atoms with Gasteiger partial charge in [0, 0.05) is 31.1 Å². The van der Waals surface area contributed by atoms with Crippen molar-refractivity contribution in [2.24, 2.45) is 0 Å². The molecule has 2 unspecified atom stereocenters. The number of nitrogens with one attached hydrogen (secondary N) is 2. The molecular weight excluding hydrogens is 328 g/mol. The molecule has 1 saturated heterocycles. The number of hydrogen-bond donors (Lipinski definition) is 3. The van der Waals surface area contributed by atoms with Gasteiger partial charge in [-0.2, -0.15) is 0 Å². The average Bonchev–Trinajstić information content (AvgIpc) is 3.02. The van der Waals surface area contributed by atoms with E-state index in [1.807, 2.05) is 44.3 Å². The lowest BCUT2D eigenvalue weighted by Crippen LogP contribution is -2.25. The lowest BCUT2D eigenvalue weighted by molar-refractivity contribution is 0.198. The van der Waals surface area contributed by atoms with Crippen LogP contribution in [0.15, 0.2) is 42.9 Å². The summed E-state index contributed by atoms with van der Waals surface area (Å²) in [7, 11) is 3.75. The maximum absolute atomic E-state index is 9.71. The van der Waals surface area contributed by atoms with E-state index in [2.05, 4.69) is 45.1 Å². The third-order valence-corrected chi connectivity index (χ3v) is 4.11. The lowest BCUT2D eigenvalue weighted by Gasteiger charge is -2.26. The zero-order valence-corrected chi connectivity index (χ0v) is 16.1. The molecule has 0 spiro atoms. The fraction of sp³-hybridized carbons (Fsp3) is 0.474. The van der Waals surface area contributed by atoms with Crippen LogP contribution in [0, 0.1) is 6.92 Å². The standard InChI is InChI=1S/C17H23N5O.C2H7N/c1-4-21-7-5-14(9-12(21)2)20-16-10-17(19-13(3)18-16)22-8-6-15(23)11-22;1-3-2/h4-5,7,9-10,12,15,23H,1,6,8,11H2,2-3H3,(H,18,19,20);3H,1-2H3. The van der Waals surface area contributed by atoms with Crippen LogP contribution in [0.1, 0.15) is 19.2 Å². The molecule has 26 heavy (non-hydrogen) atoms. The second-order valence-electron chi connectivity index (χ2n) is 6.48. The van der Waals surface area contributed by atoms with Gasteiger partial charge in [0.25, 0.3) is 0 Å². The summed E-state index contributed by atoms with van der Waals surface area (Å²) in [4.78, 5) is 13.1. The van der Waals surface area contributed by atoms with E-state index >= 15 is 0 Å². The summed E-state index contributed by atoms with van der Waals surface area (Å²) in [6.07, 6.45) is 8.44. The van der Waals surface area contributed by atoms with E-state index in [0.29, 0.717) is 12.4 Å². The molecule has 142 valence electrons. The first-order valence-corrected chi connectivity index (χ1v) is 8.91. The zero-order chi connectivity index (χ0) is 19.1. The number of aliphatic hydroxyl groups excluding tert-OH is 1. The molecule has 3 rings (SSSR count). The molecule has 7 heteroatoms. The van der Waals surface area contributed by atoms with Gasteiger partial charge >= 0.3 is 0 Å². The van der Waals surface area contributed by atoms with Crippen LogP contribution < -0.4 is 15.5 Å². The topological polar surface area (TPSA) is 76.5 Å². The van der Waals surface area contributed by atoms with Gasteiger partial charge < -0.3 is 25.5 Å². The van der Waals surface area contributed by atoms with Gasteiger partial charge in [-0.15, -0.1) is 0 Å². The van der Waals surface area contributed by atoms with Crippen molar-refractivity contribution in [3.05, 3.63) is 48.7 Å². The molecule has 1 fully saturated rings. The van der Waals surface area contributed by atoms with E-state index in [0.717, 1.165) is 30.3 Å². The highest BCUT2D eigenvalue weighted by atomic mass is 16.3. The predicted molar refractivity (Wildman–Crippen MR) is 107 cm³/mol. The number of aromatic nitrogens is 2. The molecule has 0 radical (unpaired) electrons. The summed E-state index contributed by atoms with van der Waals surface area (Å²) in [6, 6.07) is 2.18. The Morgan fingerprint density at radius 1 is 1.35 bits per heavy atom. The molecule has 0 bridgehead atoms. The first-order chi connectivity index (χ1) is 12.5. The quantitative estimate of drug-likeness (QED) is 0.758. The summed E-state index contributed by atoms with van der Waals surface area (Å²) in [5.41, 5.74) is 1.00. The maximum Gasteiger partial charge on any atom is 0.136 e. The van der Waals surface area contributed by atoms with Gasteiger partial charge in [0.15, 0.2) is 0 Å². The fourth-order valence-electron chi connectivity index (χ4n) is 2.89. The summed E-state index contributed by atoms with van der Waals surface area (Å²) >= 11 is 0. The van der Waals surface area contributed by atoms with E-state index < -0.39 is 0 Å². The Balaban J connectivity index is 0.000000758. The summed E-state index contributed by atoms with van der Waals surface area (Å²) < 4.78 is 0. The monoisotopic (exact) mass is 358 g/mol. The highest BCUT2D eigenvalue weighted by Gasteiger charge is 2.22. The normalized spacial score (nSPS) is 21.8. The van der Waals surface area contributed by atoms with E-state index in [1.54, 1.807) is 6.20 Å². The number of nitrogens with zero attached hydrogens (tertiary/aromatic N) is 4. The number of allylic oxidation sites excluding steroid dienone is 1. The van der Waals surface area contributed by atoms with E-state index in [9.17, 15) is 5.11 Å². The van der Waals surface area contributed by atoms with Crippen LogP contribution in [0.5, 0.6) is 0 Å². The van der Waals surface area contributed by atoms with Gasteiger partial charge in [0.2, 0.25) is 0 Å². The molecule has 0 aliphatic carbocycles. The molecule has 2 aliphatic rings. The van der Waals surface area contributed by atoms with Crippen LogP contribution >= 0.6 is 0 Å². The van der Waals surface area contributed by atoms with Crippen molar-refractivity contribution in [1.29, 1.82) is 0 Å². The smallest absolute Gasteiger partial charge is 0.136 e. The van der Waals surface area contributed by atoms with E-state index in [-0.39, 0.29) is 12.1 Å². The van der Waals surface area contributed by atoms with E-state index in [1.165, 1.54) is 0 Å². The minimum atomic E-state index is -0.267. The molecule has 7 nitrogen and oxygen atoms in total. The molecule has 0 saturated carbocycles. The Kier molecular flexibility index (Phi) is 7.17. The minimum absolute atomic E-state index is 0.246. The number of rotatable bonds is 4. The third-order valence-electron chi connectivity index (χ3n) is 4.11. The Hall–Kier alpha value is -2.38. The van der Waals surface area contributed by atoms with Crippen molar-refractivity contribution in [2.75, 3.05) is 37.4 Å². The second kappa shape index (κ2) is 9.35. The van der Waals surface area contributed by atoms with Crippen molar-refractivity contribution in [2.45, 2.75) is 32.4 Å². The Bertz CT molecular complexity index is 672. The molecule has 1 aromatic rings. The fourth-order valence-corrected chi connectivity index (χ4v) is 2.89. The number of β-amino-alcohol motifs (C(OH)–C–C–N with tert-alkyl or cyclic N) is 1. The first kappa shape index (κ1) is 19.9. The summed E-state index contributed by atoms with van der Waals surface area (Å²) in [5.74, 6) is 2.34. The van der Waals surface area contributed by atoms with Gasteiger partial charge in [0.05, 0.1) is 12.1 Å². The van der Waals surface area contributed by atoms with Crippen molar-refractivity contribution in [1.82, 2.24) is 20.2 Å². The predicted octanol–water partition coefficient (Wildman–Crippen LogP) is 1.85. The largest absolute Gasteiger partial charge is 0.391 e. The summed E-state index contributed by atoms with van der Waals surface area (Å²) in [5, 5.41) is 15.8. The minimum Gasteiger partial charge on any atom is -0.391 e. The molecule has 0 aromatic carbocycles. The molecule has 2 atom stereocenters. The molecule has 3 heterocycles. The van der Waals surface area contributed by atoms with Crippen LogP contribution in [0.2, 0.25) is 0 Å². The van der Waals surface area contributed by atoms with Crippen molar-refractivity contribution in [3.63, 3.8) is 0 Å². The third kappa shape index (κ3) is 5.31. The molecule has 0 amide bonds. The van der Waals surface area contributed by atoms with Gasteiger partial charge in [-0.25, -0.2) is 9.97 Å². The highest BCUT2D eigenvalue weighted by molar-refractivity contribution is 5.54. The van der Waals surface area contributed by atoms with Crippen LogP contribution in [-0.2, 0) is 0 Å². The van der Waals surface area contributed by atoms with Crippen LogP contribution in [0.4, 0.5) is 11.6 Å². The van der Waals surface area contributed by atoms with Gasteiger partial charge in [-0.3, -0.25) is 0 Å². The number of aryl methyl sites for hydroxylation is 1.